The van der Waals surface area contributed by atoms with Gasteiger partial charge in [-0.05, 0) is 31.0 Å². The Labute approximate surface area is 110 Å². The zero-order valence-corrected chi connectivity index (χ0v) is 10.4. The van der Waals surface area contributed by atoms with Crippen molar-refractivity contribution in [3.63, 3.8) is 0 Å². The van der Waals surface area contributed by atoms with Crippen LogP contribution in [0.5, 0.6) is 0 Å². The van der Waals surface area contributed by atoms with Crippen LogP contribution in [0.3, 0.4) is 0 Å². The first kappa shape index (κ1) is 13.3. The highest BCUT2D eigenvalue weighted by molar-refractivity contribution is 5.92. The number of nitrogen functional groups attached to an aromatic ring is 1. The van der Waals surface area contributed by atoms with E-state index < -0.39 is 11.8 Å². The Morgan fingerprint density at radius 3 is 2.63 bits per heavy atom. The standard InChI is InChI=1S/C13H15FN2O3/c14-11-7-9(15)3-4-10(11)13(18)19-8-12(17)16-5-1-2-6-16/h3-4,7H,1-2,5-6,8,15H2. The van der Waals surface area contributed by atoms with Gasteiger partial charge < -0.3 is 15.4 Å². The molecule has 6 heteroatoms. The number of halogens is 1. The Bertz CT molecular complexity index is 499. The average molecular weight is 266 g/mol. The molecule has 2 rings (SSSR count). The predicted molar refractivity (Wildman–Crippen MR) is 66.9 cm³/mol. The summed E-state index contributed by atoms with van der Waals surface area (Å²) in [7, 11) is 0. The highest BCUT2D eigenvalue weighted by Gasteiger charge is 2.20. The second-order valence-corrected chi connectivity index (χ2v) is 4.40. The lowest BCUT2D eigenvalue weighted by Gasteiger charge is -2.15. The molecule has 19 heavy (non-hydrogen) atoms. The van der Waals surface area contributed by atoms with E-state index in [4.69, 9.17) is 10.5 Å². The fourth-order valence-electron chi connectivity index (χ4n) is 1.96. The number of amides is 1. The predicted octanol–water partition coefficient (Wildman–Crippen LogP) is 1.19. The molecule has 1 aromatic rings. The average Bonchev–Trinajstić information content (AvgIpc) is 2.89. The molecule has 1 fully saturated rings. The van der Waals surface area contributed by atoms with E-state index in [1.54, 1.807) is 4.90 Å². The first-order valence-corrected chi connectivity index (χ1v) is 6.08. The van der Waals surface area contributed by atoms with Crippen LogP contribution < -0.4 is 5.73 Å². The van der Waals surface area contributed by atoms with Crippen molar-refractivity contribution in [1.82, 2.24) is 4.90 Å². The van der Waals surface area contributed by atoms with Gasteiger partial charge in [0, 0.05) is 18.8 Å². The fourth-order valence-corrected chi connectivity index (χ4v) is 1.96. The first-order chi connectivity index (χ1) is 9.08. The molecule has 1 saturated heterocycles. The Morgan fingerprint density at radius 1 is 1.32 bits per heavy atom. The number of benzene rings is 1. The van der Waals surface area contributed by atoms with Crippen LogP contribution in [0.15, 0.2) is 18.2 Å². The van der Waals surface area contributed by atoms with E-state index in [-0.39, 0.29) is 23.8 Å². The normalized spacial score (nSPS) is 14.5. The van der Waals surface area contributed by atoms with E-state index in [2.05, 4.69) is 0 Å². The molecule has 1 aromatic carbocycles. The van der Waals surface area contributed by atoms with Crippen LogP contribution in [0.2, 0.25) is 0 Å². The Hall–Kier alpha value is -2.11. The van der Waals surface area contributed by atoms with E-state index in [1.165, 1.54) is 12.1 Å². The Balaban J connectivity index is 1.92. The summed E-state index contributed by atoms with van der Waals surface area (Å²) in [6.07, 6.45) is 1.93. The van der Waals surface area contributed by atoms with Crippen molar-refractivity contribution in [2.75, 3.05) is 25.4 Å². The van der Waals surface area contributed by atoms with Gasteiger partial charge in [-0.2, -0.15) is 0 Å². The summed E-state index contributed by atoms with van der Waals surface area (Å²) in [5.74, 6) is -1.86. The zero-order chi connectivity index (χ0) is 13.8. The third kappa shape index (κ3) is 3.21. The molecule has 102 valence electrons. The molecule has 5 nitrogen and oxygen atoms in total. The molecule has 0 spiro atoms. The van der Waals surface area contributed by atoms with Gasteiger partial charge in [-0.1, -0.05) is 0 Å². The maximum absolute atomic E-state index is 13.5. The fraction of sp³-hybridized carbons (Fsp3) is 0.385. The Kier molecular flexibility index (Phi) is 3.99. The molecular formula is C13H15FN2O3. The van der Waals surface area contributed by atoms with Crippen LogP contribution >= 0.6 is 0 Å². The van der Waals surface area contributed by atoms with E-state index in [0.29, 0.717) is 13.1 Å². The molecule has 2 N–H and O–H groups in total. The van der Waals surface area contributed by atoms with E-state index >= 15 is 0 Å². The lowest BCUT2D eigenvalue weighted by molar-refractivity contribution is -0.133. The monoisotopic (exact) mass is 266 g/mol. The summed E-state index contributed by atoms with van der Waals surface area (Å²) < 4.78 is 18.3. The summed E-state index contributed by atoms with van der Waals surface area (Å²) in [6, 6.07) is 3.69. The minimum Gasteiger partial charge on any atom is -0.452 e. The van der Waals surface area contributed by atoms with Crippen molar-refractivity contribution >= 4 is 17.6 Å². The molecule has 0 unspecified atom stereocenters. The van der Waals surface area contributed by atoms with Crippen LogP contribution in [0.1, 0.15) is 23.2 Å². The number of anilines is 1. The van der Waals surface area contributed by atoms with Gasteiger partial charge in [0.1, 0.15) is 5.82 Å². The maximum atomic E-state index is 13.5. The van der Waals surface area contributed by atoms with Crippen LogP contribution in [-0.2, 0) is 9.53 Å². The van der Waals surface area contributed by atoms with Crippen LogP contribution in [0, 0.1) is 5.82 Å². The molecule has 1 heterocycles. The summed E-state index contributed by atoms with van der Waals surface area (Å²) in [6.45, 7) is 1.02. The molecule has 0 saturated carbocycles. The number of rotatable bonds is 3. The number of hydrogen-bond acceptors (Lipinski definition) is 4. The van der Waals surface area contributed by atoms with Crippen molar-refractivity contribution in [1.29, 1.82) is 0 Å². The minimum atomic E-state index is -0.856. The van der Waals surface area contributed by atoms with Crippen LogP contribution in [0.25, 0.3) is 0 Å². The van der Waals surface area contributed by atoms with Crippen molar-refractivity contribution in [3.05, 3.63) is 29.6 Å². The Morgan fingerprint density at radius 2 is 2.00 bits per heavy atom. The van der Waals surface area contributed by atoms with Gasteiger partial charge in [0.05, 0.1) is 5.56 Å². The zero-order valence-electron chi connectivity index (χ0n) is 10.4. The van der Waals surface area contributed by atoms with Gasteiger partial charge in [0.2, 0.25) is 0 Å². The van der Waals surface area contributed by atoms with Gasteiger partial charge in [-0.25, -0.2) is 9.18 Å². The number of nitrogens with zero attached hydrogens (tertiary/aromatic N) is 1. The number of carbonyl (C=O) groups excluding carboxylic acids is 2. The number of hydrogen-bond donors (Lipinski definition) is 1. The van der Waals surface area contributed by atoms with Gasteiger partial charge in [-0.15, -0.1) is 0 Å². The molecule has 1 aliphatic rings. The smallest absolute Gasteiger partial charge is 0.341 e. The summed E-state index contributed by atoms with van der Waals surface area (Å²) in [5, 5.41) is 0. The number of nitrogens with two attached hydrogens (primary N) is 1. The highest BCUT2D eigenvalue weighted by atomic mass is 19.1. The van der Waals surface area contributed by atoms with Gasteiger partial charge in [0.25, 0.3) is 5.91 Å². The molecule has 0 bridgehead atoms. The van der Waals surface area contributed by atoms with Gasteiger partial charge >= 0.3 is 5.97 Å². The van der Waals surface area contributed by atoms with Crippen LogP contribution in [0.4, 0.5) is 10.1 Å². The van der Waals surface area contributed by atoms with E-state index in [1.807, 2.05) is 0 Å². The topological polar surface area (TPSA) is 72.6 Å². The third-order valence-electron chi connectivity index (χ3n) is 3.00. The molecule has 1 aliphatic heterocycles. The quantitative estimate of drug-likeness (QED) is 0.658. The first-order valence-electron chi connectivity index (χ1n) is 6.08. The molecule has 1 amide bonds. The second kappa shape index (κ2) is 5.69. The third-order valence-corrected chi connectivity index (χ3v) is 3.00. The van der Waals surface area contributed by atoms with Gasteiger partial charge in [-0.3, -0.25) is 4.79 Å². The number of carbonyl (C=O) groups is 2. The van der Waals surface area contributed by atoms with E-state index in [9.17, 15) is 14.0 Å². The second-order valence-electron chi connectivity index (χ2n) is 4.40. The van der Waals surface area contributed by atoms with Crippen molar-refractivity contribution < 1.29 is 18.7 Å². The maximum Gasteiger partial charge on any atom is 0.341 e. The summed E-state index contributed by atoms with van der Waals surface area (Å²) in [4.78, 5) is 24.9. The largest absolute Gasteiger partial charge is 0.452 e. The SMILES string of the molecule is Nc1ccc(C(=O)OCC(=O)N2CCCC2)c(F)c1. The van der Waals surface area contributed by atoms with Crippen LogP contribution in [-0.4, -0.2) is 36.5 Å². The molecule has 0 radical (unpaired) electrons. The number of esters is 1. The minimum absolute atomic E-state index is 0.219. The van der Waals surface area contributed by atoms with Gasteiger partial charge in [0.15, 0.2) is 6.61 Å². The number of ether oxygens (including phenoxy) is 1. The lowest BCUT2D eigenvalue weighted by atomic mass is 10.2. The van der Waals surface area contributed by atoms with Crippen molar-refractivity contribution in [2.24, 2.45) is 0 Å². The molecular weight excluding hydrogens is 251 g/mol. The van der Waals surface area contributed by atoms with E-state index in [0.717, 1.165) is 18.9 Å². The molecule has 0 atom stereocenters. The lowest BCUT2D eigenvalue weighted by Crippen LogP contribution is -2.32. The highest BCUT2D eigenvalue weighted by Crippen LogP contribution is 2.13. The molecule has 0 aromatic heterocycles. The number of likely N-dealkylation sites (tertiary alicyclic amines) is 1. The summed E-state index contributed by atoms with van der Waals surface area (Å²) >= 11 is 0. The molecule has 0 aliphatic carbocycles. The summed E-state index contributed by atoms with van der Waals surface area (Å²) in [5.41, 5.74) is 5.38. The van der Waals surface area contributed by atoms with Crippen molar-refractivity contribution in [3.8, 4) is 0 Å². The van der Waals surface area contributed by atoms with Crippen molar-refractivity contribution in [2.45, 2.75) is 12.8 Å².